The van der Waals surface area contributed by atoms with Crippen LogP contribution in [-0.4, -0.2) is 10.8 Å². The Bertz CT molecular complexity index is 1090. The highest BCUT2D eigenvalue weighted by Crippen LogP contribution is 2.32. The van der Waals surface area contributed by atoms with Gasteiger partial charge in [-0.25, -0.2) is 0 Å². The van der Waals surface area contributed by atoms with E-state index in [2.05, 4.69) is 20.8 Å². The second-order valence-electron chi connectivity index (χ2n) is 5.63. The summed E-state index contributed by atoms with van der Waals surface area (Å²) in [6, 6.07) is 17.9. The SMILES string of the molecule is O=[N+]([O-])c1ccc(N=NC(=NNc2cc(Cl)c(Cl)cc2Cl)c2ccccc2)cc1. The molecule has 10 heteroatoms. The first-order chi connectivity index (χ1) is 13.9. The summed E-state index contributed by atoms with van der Waals surface area (Å²) in [5.74, 6) is 0.270. The van der Waals surface area contributed by atoms with Gasteiger partial charge in [0.1, 0.15) is 0 Å². The van der Waals surface area contributed by atoms with E-state index in [1.165, 1.54) is 30.3 Å². The molecule has 0 aromatic heterocycles. The van der Waals surface area contributed by atoms with Crippen LogP contribution >= 0.6 is 34.8 Å². The van der Waals surface area contributed by atoms with E-state index in [1.54, 1.807) is 6.07 Å². The minimum absolute atomic E-state index is 0.0307. The van der Waals surface area contributed by atoms with Gasteiger partial charge in [0.25, 0.3) is 5.69 Å². The van der Waals surface area contributed by atoms with Crippen LogP contribution in [0.2, 0.25) is 15.1 Å². The van der Waals surface area contributed by atoms with Crippen molar-refractivity contribution in [1.82, 2.24) is 0 Å². The maximum Gasteiger partial charge on any atom is 0.269 e. The number of rotatable bonds is 5. The van der Waals surface area contributed by atoms with E-state index in [-0.39, 0.29) is 11.5 Å². The van der Waals surface area contributed by atoms with Crippen molar-refractivity contribution in [1.29, 1.82) is 0 Å². The van der Waals surface area contributed by atoms with Gasteiger partial charge in [0.2, 0.25) is 5.84 Å². The minimum atomic E-state index is -0.483. The molecule has 0 unspecified atom stereocenters. The first kappa shape index (κ1) is 20.7. The van der Waals surface area contributed by atoms with Gasteiger partial charge in [0.05, 0.1) is 31.4 Å². The smallest absolute Gasteiger partial charge is 0.269 e. The molecule has 0 aliphatic heterocycles. The van der Waals surface area contributed by atoms with Crippen LogP contribution in [-0.2, 0) is 0 Å². The second-order valence-corrected chi connectivity index (χ2v) is 6.85. The zero-order valence-electron chi connectivity index (χ0n) is 14.6. The van der Waals surface area contributed by atoms with Gasteiger partial charge < -0.3 is 0 Å². The van der Waals surface area contributed by atoms with Gasteiger partial charge in [-0.15, -0.1) is 10.2 Å². The monoisotopic (exact) mass is 447 g/mol. The number of hydrogen-bond donors (Lipinski definition) is 1. The van der Waals surface area contributed by atoms with Crippen molar-refractivity contribution in [2.75, 3.05) is 5.43 Å². The van der Waals surface area contributed by atoms with Crippen LogP contribution in [0, 0.1) is 10.1 Å². The Balaban J connectivity index is 1.90. The molecule has 0 radical (unpaired) electrons. The third-order valence-electron chi connectivity index (χ3n) is 3.64. The molecule has 29 heavy (non-hydrogen) atoms. The number of nitro groups is 1. The number of nitro benzene ring substituents is 1. The van der Waals surface area contributed by atoms with Gasteiger partial charge >= 0.3 is 0 Å². The summed E-state index contributed by atoms with van der Waals surface area (Å²) in [7, 11) is 0. The Labute approximate surface area is 180 Å². The number of nitrogens with zero attached hydrogens (tertiary/aromatic N) is 4. The molecule has 0 aliphatic rings. The summed E-state index contributed by atoms with van der Waals surface area (Å²) in [5.41, 5.74) is 4.36. The maximum absolute atomic E-state index is 10.8. The van der Waals surface area contributed by atoms with Crippen LogP contribution in [0.4, 0.5) is 17.1 Å². The molecule has 0 aliphatic carbocycles. The van der Waals surface area contributed by atoms with Gasteiger partial charge in [0.15, 0.2) is 0 Å². The zero-order valence-corrected chi connectivity index (χ0v) is 16.9. The fourth-order valence-electron chi connectivity index (χ4n) is 2.20. The third kappa shape index (κ3) is 5.51. The topological polar surface area (TPSA) is 92.2 Å². The van der Waals surface area contributed by atoms with Crippen molar-refractivity contribution in [2.24, 2.45) is 15.3 Å². The van der Waals surface area contributed by atoms with Crippen LogP contribution in [0.15, 0.2) is 82.1 Å². The van der Waals surface area contributed by atoms with E-state index in [4.69, 9.17) is 34.8 Å². The van der Waals surface area contributed by atoms with Crippen LogP contribution in [0.5, 0.6) is 0 Å². The van der Waals surface area contributed by atoms with Crippen LogP contribution in [0.3, 0.4) is 0 Å². The molecule has 7 nitrogen and oxygen atoms in total. The lowest BCUT2D eigenvalue weighted by Gasteiger charge is -2.07. The first-order valence-electron chi connectivity index (χ1n) is 8.14. The first-order valence-corrected chi connectivity index (χ1v) is 9.27. The van der Waals surface area contributed by atoms with E-state index in [0.29, 0.717) is 32.0 Å². The highest BCUT2D eigenvalue weighted by molar-refractivity contribution is 6.44. The number of anilines is 1. The number of azo groups is 1. The number of benzene rings is 3. The molecule has 3 aromatic rings. The van der Waals surface area contributed by atoms with Crippen molar-refractivity contribution in [2.45, 2.75) is 0 Å². The molecule has 3 aromatic carbocycles. The number of halogens is 3. The molecule has 1 N–H and O–H groups in total. The van der Waals surface area contributed by atoms with Gasteiger partial charge in [-0.3, -0.25) is 15.5 Å². The van der Waals surface area contributed by atoms with Crippen molar-refractivity contribution in [3.05, 3.63) is 97.5 Å². The van der Waals surface area contributed by atoms with E-state index in [9.17, 15) is 10.1 Å². The number of hydrazone groups is 1. The molecule has 0 fully saturated rings. The van der Waals surface area contributed by atoms with E-state index in [0.717, 1.165) is 0 Å². The van der Waals surface area contributed by atoms with E-state index < -0.39 is 4.92 Å². The van der Waals surface area contributed by atoms with E-state index in [1.807, 2.05) is 30.3 Å². The molecule has 0 saturated carbocycles. The lowest BCUT2D eigenvalue weighted by molar-refractivity contribution is -0.384. The predicted octanol–water partition coefficient (Wildman–Crippen LogP) is 7.11. The Morgan fingerprint density at radius 2 is 1.55 bits per heavy atom. The predicted molar refractivity (Wildman–Crippen MR) is 116 cm³/mol. The number of hydrogen-bond acceptors (Lipinski definition) is 5. The van der Waals surface area contributed by atoms with Crippen molar-refractivity contribution in [3.63, 3.8) is 0 Å². The van der Waals surface area contributed by atoms with Crippen molar-refractivity contribution in [3.8, 4) is 0 Å². The molecule has 146 valence electrons. The normalized spacial score (nSPS) is 11.6. The summed E-state index contributed by atoms with van der Waals surface area (Å²) < 4.78 is 0. The number of non-ortho nitro benzene ring substituents is 1. The maximum atomic E-state index is 10.8. The average Bonchev–Trinajstić information content (AvgIpc) is 2.72. The molecule has 3 rings (SSSR count). The summed E-state index contributed by atoms with van der Waals surface area (Å²) in [6.07, 6.45) is 0. The highest BCUT2D eigenvalue weighted by Gasteiger charge is 2.08. The summed E-state index contributed by atoms with van der Waals surface area (Å²) in [4.78, 5) is 10.3. The van der Waals surface area contributed by atoms with Crippen LogP contribution in [0.25, 0.3) is 0 Å². The molecule has 0 spiro atoms. The number of amidine groups is 1. The lowest BCUT2D eigenvalue weighted by atomic mass is 10.2. The molecule has 0 heterocycles. The summed E-state index contributed by atoms with van der Waals surface area (Å²) in [5, 5.41) is 24.3. The van der Waals surface area contributed by atoms with Gasteiger partial charge in [-0.1, -0.05) is 65.1 Å². The van der Waals surface area contributed by atoms with Gasteiger partial charge in [0, 0.05) is 17.7 Å². The van der Waals surface area contributed by atoms with Crippen LogP contribution in [0.1, 0.15) is 5.56 Å². The Morgan fingerprint density at radius 1 is 0.897 bits per heavy atom. The van der Waals surface area contributed by atoms with Gasteiger partial charge in [-0.05, 0) is 24.3 Å². The highest BCUT2D eigenvalue weighted by atomic mass is 35.5. The molecule has 0 saturated heterocycles. The lowest BCUT2D eigenvalue weighted by Crippen LogP contribution is -2.01. The summed E-state index contributed by atoms with van der Waals surface area (Å²) in [6.45, 7) is 0. The van der Waals surface area contributed by atoms with Crippen molar-refractivity contribution >= 4 is 57.7 Å². The summed E-state index contributed by atoms with van der Waals surface area (Å²) >= 11 is 18.1. The molecular weight excluding hydrogens is 437 g/mol. The fraction of sp³-hybridized carbons (Fsp3) is 0. The zero-order chi connectivity index (χ0) is 20.8. The quantitative estimate of drug-likeness (QED) is 0.112. The molecule has 0 bridgehead atoms. The Kier molecular flexibility index (Phi) is 6.77. The number of nitrogens with one attached hydrogen (secondary N) is 1. The van der Waals surface area contributed by atoms with Crippen molar-refractivity contribution < 1.29 is 4.92 Å². The van der Waals surface area contributed by atoms with Crippen LogP contribution < -0.4 is 5.43 Å². The average molecular weight is 449 g/mol. The van der Waals surface area contributed by atoms with Gasteiger partial charge in [-0.2, -0.15) is 5.10 Å². The molecular formula is C19H12Cl3N5O2. The fourth-order valence-corrected chi connectivity index (χ4v) is 2.79. The standard InChI is InChI=1S/C19H12Cl3N5O2/c20-15-10-17(22)18(11-16(15)21)24-26-19(12-4-2-1-3-5-12)25-23-13-6-8-14(9-7-13)27(28)29/h1-11,24H. The Hall–Kier alpha value is -3.00. The molecule has 0 atom stereocenters. The third-order valence-corrected chi connectivity index (χ3v) is 4.68. The second kappa shape index (κ2) is 9.47. The molecule has 0 amide bonds. The Morgan fingerprint density at radius 3 is 2.21 bits per heavy atom. The van der Waals surface area contributed by atoms with E-state index >= 15 is 0 Å². The minimum Gasteiger partial charge on any atom is -0.275 e. The largest absolute Gasteiger partial charge is 0.275 e.